The Bertz CT molecular complexity index is 1150. The van der Waals surface area contributed by atoms with E-state index in [1.54, 1.807) is 0 Å². The van der Waals surface area contributed by atoms with Crippen LogP contribution in [0.1, 0.15) is 43.6 Å². The van der Waals surface area contributed by atoms with E-state index in [0.717, 1.165) is 55.8 Å². The molecular weight excluding hydrogens is 386 g/mol. The van der Waals surface area contributed by atoms with Crippen LogP contribution in [-0.4, -0.2) is 38.8 Å². The summed E-state index contributed by atoms with van der Waals surface area (Å²) in [6.07, 6.45) is 4.59. The molecule has 0 radical (unpaired) electrons. The number of likely N-dealkylation sites (tertiary alicyclic amines) is 1. The number of fused-ring (bicyclic) bond motifs is 2. The molecule has 160 valence electrons. The molecule has 6 nitrogen and oxygen atoms in total. The second-order valence-corrected chi connectivity index (χ2v) is 8.56. The predicted octanol–water partition coefficient (Wildman–Crippen LogP) is 4.52. The number of aromatic nitrogens is 3. The summed E-state index contributed by atoms with van der Waals surface area (Å²) in [5.41, 5.74) is 4.45. The van der Waals surface area contributed by atoms with Gasteiger partial charge in [0, 0.05) is 24.2 Å². The molecule has 6 heteroatoms. The minimum Gasteiger partial charge on any atom is -0.361 e. The second-order valence-electron chi connectivity index (χ2n) is 8.56. The fraction of sp³-hybridized carbons (Fsp3) is 0.360. The van der Waals surface area contributed by atoms with E-state index >= 15 is 0 Å². The highest BCUT2D eigenvalue weighted by molar-refractivity contribution is 5.80. The Morgan fingerprint density at radius 2 is 2.00 bits per heavy atom. The van der Waals surface area contributed by atoms with E-state index in [1.165, 1.54) is 16.5 Å². The van der Waals surface area contributed by atoms with E-state index in [9.17, 15) is 4.79 Å². The van der Waals surface area contributed by atoms with Gasteiger partial charge in [-0.15, -0.1) is 0 Å². The Balaban J connectivity index is 1.17. The minimum absolute atomic E-state index is 0.0711. The average molecular weight is 416 g/mol. The number of para-hydroxylation sites is 2. The van der Waals surface area contributed by atoms with Gasteiger partial charge in [-0.05, 0) is 73.6 Å². The maximum Gasteiger partial charge on any atom is 0.223 e. The lowest BCUT2D eigenvalue weighted by molar-refractivity contribution is -0.127. The zero-order valence-corrected chi connectivity index (χ0v) is 17.9. The third kappa shape index (κ3) is 4.21. The number of rotatable bonds is 6. The van der Waals surface area contributed by atoms with Gasteiger partial charge in [0.2, 0.25) is 5.91 Å². The molecule has 0 spiro atoms. The molecule has 4 aromatic rings. The standard InChI is InChI=1S/C25H29N5O/c1-2-20(24-27-22-5-3-4-6-23(22)28-24)29-25(31)18-10-13-30(14-11-18)16-17-7-8-21-19(15-17)9-12-26-21/h3-9,12,15,18,20,26H,2,10-11,13-14,16H2,1H3,(H,27,28)(H,29,31). The number of benzene rings is 2. The lowest BCUT2D eigenvalue weighted by atomic mass is 9.95. The number of imidazole rings is 1. The maximum absolute atomic E-state index is 13.0. The summed E-state index contributed by atoms with van der Waals surface area (Å²) >= 11 is 0. The molecule has 0 aliphatic carbocycles. The van der Waals surface area contributed by atoms with Crippen LogP contribution < -0.4 is 5.32 Å². The van der Waals surface area contributed by atoms with Gasteiger partial charge in [-0.25, -0.2) is 4.98 Å². The largest absolute Gasteiger partial charge is 0.361 e. The predicted molar refractivity (Wildman–Crippen MR) is 124 cm³/mol. The Hall–Kier alpha value is -3.12. The molecule has 1 aliphatic rings. The number of piperidine rings is 1. The molecule has 2 aromatic heterocycles. The van der Waals surface area contributed by atoms with Gasteiger partial charge in [-0.1, -0.05) is 25.1 Å². The fourth-order valence-electron chi connectivity index (χ4n) is 4.60. The molecule has 1 atom stereocenters. The van der Waals surface area contributed by atoms with Gasteiger partial charge in [0.05, 0.1) is 17.1 Å². The van der Waals surface area contributed by atoms with E-state index in [1.807, 2.05) is 30.5 Å². The summed E-state index contributed by atoms with van der Waals surface area (Å²) in [7, 11) is 0. The number of nitrogens with one attached hydrogen (secondary N) is 3. The molecule has 0 saturated carbocycles. The van der Waals surface area contributed by atoms with Crippen molar-refractivity contribution in [1.82, 2.24) is 25.2 Å². The number of carbonyl (C=O) groups excluding carboxylic acids is 1. The molecule has 1 amide bonds. The normalized spacial score (nSPS) is 16.7. The maximum atomic E-state index is 13.0. The first-order chi connectivity index (χ1) is 15.2. The molecule has 0 bridgehead atoms. The molecule has 31 heavy (non-hydrogen) atoms. The molecule has 3 N–H and O–H groups in total. The van der Waals surface area contributed by atoms with Gasteiger partial charge >= 0.3 is 0 Å². The van der Waals surface area contributed by atoms with Crippen molar-refractivity contribution in [1.29, 1.82) is 0 Å². The van der Waals surface area contributed by atoms with Crippen LogP contribution in [0, 0.1) is 5.92 Å². The van der Waals surface area contributed by atoms with Crippen LogP contribution in [-0.2, 0) is 11.3 Å². The van der Waals surface area contributed by atoms with E-state index < -0.39 is 0 Å². The van der Waals surface area contributed by atoms with Gasteiger partial charge in [-0.2, -0.15) is 0 Å². The summed E-state index contributed by atoms with van der Waals surface area (Å²) in [5.74, 6) is 1.07. The van der Waals surface area contributed by atoms with Crippen LogP contribution in [0.4, 0.5) is 0 Å². The van der Waals surface area contributed by atoms with Gasteiger partial charge in [0.1, 0.15) is 5.82 Å². The highest BCUT2D eigenvalue weighted by Crippen LogP contribution is 2.23. The van der Waals surface area contributed by atoms with Crippen molar-refractivity contribution in [2.24, 2.45) is 5.92 Å². The smallest absolute Gasteiger partial charge is 0.223 e. The van der Waals surface area contributed by atoms with Crippen LogP contribution in [0.2, 0.25) is 0 Å². The third-order valence-electron chi connectivity index (χ3n) is 6.44. The summed E-state index contributed by atoms with van der Waals surface area (Å²) < 4.78 is 0. The molecule has 2 aromatic carbocycles. The number of amides is 1. The topological polar surface area (TPSA) is 76.8 Å². The lowest BCUT2D eigenvalue weighted by Gasteiger charge is -2.32. The van der Waals surface area contributed by atoms with Crippen molar-refractivity contribution >= 4 is 27.8 Å². The summed E-state index contributed by atoms with van der Waals surface area (Å²) in [5, 5.41) is 4.49. The third-order valence-corrected chi connectivity index (χ3v) is 6.44. The molecular formula is C25H29N5O. The molecule has 1 fully saturated rings. The van der Waals surface area contributed by atoms with Crippen molar-refractivity contribution in [2.75, 3.05) is 13.1 Å². The van der Waals surface area contributed by atoms with Crippen LogP contribution >= 0.6 is 0 Å². The van der Waals surface area contributed by atoms with Crippen molar-refractivity contribution in [2.45, 2.75) is 38.8 Å². The first kappa shape index (κ1) is 19.8. The highest BCUT2D eigenvalue weighted by atomic mass is 16.2. The lowest BCUT2D eigenvalue weighted by Crippen LogP contribution is -2.41. The molecule has 3 heterocycles. The molecule has 1 aliphatic heterocycles. The summed E-state index contributed by atoms with van der Waals surface area (Å²) in [6.45, 7) is 4.92. The number of aromatic amines is 2. The van der Waals surface area contributed by atoms with Crippen LogP contribution in [0.5, 0.6) is 0 Å². The van der Waals surface area contributed by atoms with Crippen molar-refractivity contribution in [3.05, 3.63) is 66.1 Å². The molecule has 5 rings (SSSR count). The molecule has 1 unspecified atom stereocenters. The zero-order chi connectivity index (χ0) is 21.2. The first-order valence-electron chi connectivity index (χ1n) is 11.2. The monoisotopic (exact) mass is 415 g/mol. The zero-order valence-electron chi connectivity index (χ0n) is 17.9. The Morgan fingerprint density at radius 3 is 2.81 bits per heavy atom. The average Bonchev–Trinajstić information content (AvgIpc) is 3.44. The molecule has 1 saturated heterocycles. The summed E-state index contributed by atoms with van der Waals surface area (Å²) in [4.78, 5) is 26.7. The quantitative estimate of drug-likeness (QED) is 0.433. The second kappa shape index (κ2) is 8.55. The number of hydrogen-bond donors (Lipinski definition) is 3. The fourth-order valence-corrected chi connectivity index (χ4v) is 4.60. The van der Waals surface area contributed by atoms with Gasteiger partial charge in [0.15, 0.2) is 0 Å². The SMILES string of the molecule is CCC(NC(=O)C1CCN(Cc2ccc3[nH]ccc3c2)CC1)c1nc2ccccc2[nH]1. The van der Waals surface area contributed by atoms with E-state index in [2.05, 4.69) is 56.4 Å². The van der Waals surface area contributed by atoms with Crippen molar-refractivity contribution < 1.29 is 4.79 Å². The van der Waals surface area contributed by atoms with Crippen molar-refractivity contribution in [3.8, 4) is 0 Å². The van der Waals surface area contributed by atoms with Crippen LogP contribution in [0.25, 0.3) is 21.9 Å². The Kier molecular flexibility index (Phi) is 5.47. The van der Waals surface area contributed by atoms with Gasteiger partial charge < -0.3 is 15.3 Å². The van der Waals surface area contributed by atoms with E-state index in [0.29, 0.717) is 0 Å². The van der Waals surface area contributed by atoms with Gasteiger partial charge in [0.25, 0.3) is 0 Å². The Labute approximate surface area is 182 Å². The van der Waals surface area contributed by atoms with Crippen molar-refractivity contribution in [3.63, 3.8) is 0 Å². The van der Waals surface area contributed by atoms with Crippen LogP contribution in [0.15, 0.2) is 54.7 Å². The minimum atomic E-state index is -0.0778. The Morgan fingerprint density at radius 1 is 1.16 bits per heavy atom. The number of H-pyrrole nitrogens is 2. The highest BCUT2D eigenvalue weighted by Gasteiger charge is 2.27. The first-order valence-corrected chi connectivity index (χ1v) is 11.2. The number of nitrogens with zero attached hydrogens (tertiary/aromatic N) is 2. The number of carbonyl (C=O) groups is 1. The van der Waals surface area contributed by atoms with E-state index in [-0.39, 0.29) is 17.9 Å². The van der Waals surface area contributed by atoms with Crippen LogP contribution in [0.3, 0.4) is 0 Å². The van der Waals surface area contributed by atoms with Gasteiger partial charge in [-0.3, -0.25) is 9.69 Å². The number of hydrogen-bond acceptors (Lipinski definition) is 3. The van der Waals surface area contributed by atoms with E-state index in [4.69, 9.17) is 0 Å². The summed E-state index contributed by atoms with van der Waals surface area (Å²) in [6, 6.07) is 16.6.